The highest BCUT2D eigenvalue weighted by Crippen LogP contribution is 2.72. The van der Waals surface area contributed by atoms with Gasteiger partial charge in [0.1, 0.15) is 48.8 Å². The zero-order chi connectivity index (χ0) is 65.0. The Bertz CT molecular complexity index is 2360. The average molecular weight is 1340 g/mol. The molecule has 2 saturated heterocycles. The van der Waals surface area contributed by atoms with Gasteiger partial charge in [0, 0.05) is 0 Å². The Morgan fingerprint density at radius 3 is 1.33 bits per heavy atom. The zero-order valence-electron chi connectivity index (χ0n) is 60.5. The molecule has 0 bridgehead atoms. The van der Waals surface area contributed by atoms with Crippen LogP contribution in [0, 0.1) is 50.7 Å². The third kappa shape index (κ3) is 17.9. The average Bonchev–Trinajstić information content (AvgIpc) is 0.699. The lowest BCUT2D eigenvalue weighted by atomic mass is 9.37. The molecule has 2 unspecified atom stereocenters. The zero-order valence-corrected chi connectivity index (χ0v) is 68.5. The quantitative estimate of drug-likeness (QED) is 0.0442. The topological polar surface area (TPSA) is 128 Å². The van der Waals surface area contributed by atoms with Crippen LogP contribution < -0.4 is 0 Å². The van der Waals surface area contributed by atoms with Gasteiger partial charge in [-0.1, -0.05) is 53.2 Å². The Hall–Kier alpha value is 0.505. The maximum Gasteiger partial charge on any atom is 0.315 e. The van der Waals surface area contributed by atoms with E-state index in [-0.39, 0.29) is 58.0 Å². The molecule has 0 aromatic carbocycles. The van der Waals surface area contributed by atoms with Crippen molar-refractivity contribution >= 4 is 72.5 Å². The minimum Gasteiger partial charge on any atom is -0.432 e. The second-order valence-electron chi connectivity index (χ2n) is 37.8. The Morgan fingerprint density at radius 2 is 0.872 bits per heavy atom. The van der Waals surface area contributed by atoms with Crippen LogP contribution in [-0.2, 0) is 59.2 Å². The van der Waals surface area contributed by atoms with Crippen molar-refractivity contribution in [1.82, 2.24) is 0 Å². The highest BCUT2D eigenvalue weighted by atomic mass is 28.4. The Morgan fingerprint density at radius 1 is 0.453 bits per heavy atom. The third-order valence-electron chi connectivity index (χ3n) is 20.2. The fourth-order valence-electron chi connectivity index (χ4n) is 17.0. The molecule has 0 spiro atoms. The normalized spacial score (nSPS) is 39.1. The van der Waals surface area contributed by atoms with Crippen LogP contribution in [0.5, 0.6) is 0 Å². The number of fused-ring (bicyclic) bond motifs is 7. The van der Waals surface area contributed by atoms with Gasteiger partial charge >= 0.3 is 5.97 Å². The van der Waals surface area contributed by atoms with E-state index in [0.717, 1.165) is 64.2 Å². The molecular weight excluding hydrogens is 1210 g/mol. The molecular formula is C65H130O13Si8. The third-order valence-corrected chi connectivity index (χ3v) is 28.1. The van der Waals surface area contributed by atoms with Crippen molar-refractivity contribution in [1.29, 1.82) is 0 Å². The summed E-state index contributed by atoms with van der Waals surface area (Å²) in [5, 5.41) is 0. The summed E-state index contributed by atoms with van der Waals surface area (Å²) in [4.78, 5) is 16.0. The number of carbonyl (C=O) groups excluding carboxylic acids is 1. The monoisotopic (exact) mass is 1340 g/mol. The summed E-state index contributed by atoms with van der Waals surface area (Å²) < 4.78 is 85.9. The fourth-order valence-corrected chi connectivity index (χ4v) is 24.8. The summed E-state index contributed by atoms with van der Waals surface area (Å²) >= 11 is 0. The first-order chi connectivity index (χ1) is 38.7. The molecule has 5 aliphatic carbocycles. The van der Waals surface area contributed by atoms with E-state index < -0.39 is 115 Å². The van der Waals surface area contributed by atoms with Crippen LogP contribution in [0.15, 0.2) is 11.6 Å². The van der Waals surface area contributed by atoms with Crippen LogP contribution in [0.3, 0.4) is 0 Å². The molecule has 7 aliphatic rings. The van der Waals surface area contributed by atoms with Gasteiger partial charge in [0.05, 0.1) is 24.7 Å². The molecule has 2 aliphatic heterocycles. The lowest BCUT2D eigenvalue weighted by Gasteiger charge is -2.68. The summed E-state index contributed by atoms with van der Waals surface area (Å²) in [7, 11) is -17.0. The van der Waals surface area contributed by atoms with Gasteiger partial charge in [-0.05, 0) is 267 Å². The summed E-state index contributed by atoms with van der Waals surface area (Å²) in [6, 6.07) is 0. The molecule has 0 aromatic heterocycles. The molecule has 86 heavy (non-hydrogen) atoms. The second-order valence-corrected chi connectivity index (χ2v) is 73.5. The number of hydrogen-bond acceptors (Lipinski definition) is 13. The number of esters is 1. The first-order valence-corrected chi connectivity index (χ1v) is 61.1. The van der Waals surface area contributed by atoms with E-state index in [1.54, 1.807) is 0 Å². The van der Waals surface area contributed by atoms with Crippen molar-refractivity contribution in [3.63, 3.8) is 0 Å². The van der Waals surface area contributed by atoms with Crippen LogP contribution in [0.4, 0.5) is 0 Å². The van der Waals surface area contributed by atoms with Gasteiger partial charge in [-0.15, -0.1) is 0 Å². The maximum absolute atomic E-state index is 16.0. The van der Waals surface area contributed by atoms with Crippen molar-refractivity contribution in [3.05, 3.63) is 11.6 Å². The van der Waals surface area contributed by atoms with E-state index in [0.29, 0.717) is 31.0 Å². The summed E-state index contributed by atoms with van der Waals surface area (Å²) in [5.41, 5.74) is 0.939. The van der Waals surface area contributed by atoms with Gasteiger partial charge in [0.25, 0.3) is 0 Å². The van der Waals surface area contributed by atoms with Crippen molar-refractivity contribution in [2.24, 2.45) is 50.7 Å². The first-order valence-electron chi connectivity index (χ1n) is 33.9. The maximum atomic E-state index is 16.0. The molecule has 4 saturated carbocycles. The van der Waals surface area contributed by atoms with Crippen molar-refractivity contribution in [3.8, 4) is 0 Å². The minimum absolute atomic E-state index is 0.0492. The van der Waals surface area contributed by atoms with Crippen molar-refractivity contribution in [2.45, 2.75) is 330 Å². The van der Waals surface area contributed by atoms with Gasteiger partial charge in [-0.2, -0.15) is 0 Å². The van der Waals surface area contributed by atoms with Gasteiger partial charge in [0.15, 0.2) is 72.8 Å². The molecule has 2 heterocycles. The largest absolute Gasteiger partial charge is 0.432 e. The van der Waals surface area contributed by atoms with E-state index in [9.17, 15) is 0 Å². The Balaban J connectivity index is 1.20. The smallest absolute Gasteiger partial charge is 0.315 e. The summed E-state index contributed by atoms with van der Waals surface area (Å²) in [6.45, 7) is 69.7. The Labute approximate surface area is 534 Å². The highest BCUT2D eigenvalue weighted by molar-refractivity contribution is 6.72. The van der Waals surface area contributed by atoms with E-state index in [4.69, 9.17) is 54.4 Å². The first kappa shape index (κ1) is 73.9. The van der Waals surface area contributed by atoms with Crippen LogP contribution in [-0.4, -0.2) is 153 Å². The molecule has 21 heteroatoms. The van der Waals surface area contributed by atoms with Crippen LogP contribution in [0.25, 0.3) is 0 Å². The van der Waals surface area contributed by atoms with Gasteiger partial charge in [0.2, 0.25) is 6.29 Å². The van der Waals surface area contributed by atoms with Gasteiger partial charge in [-0.3, -0.25) is 4.79 Å². The van der Waals surface area contributed by atoms with E-state index >= 15 is 4.79 Å². The predicted molar refractivity (Wildman–Crippen MR) is 371 cm³/mol. The second kappa shape index (κ2) is 25.6. The summed E-state index contributed by atoms with van der Waals surface area (Å²) in [5.74, 6) is 1.27. The number of ether oxygens (including phenoxy) is 4. The summed E-state index contributed by atoms with van der Waals surface area (Å²) in [6.07, 6.45) is 7.30. The highest BCUT2D eigenvalue weighted by Gasteiger charge is 2.68. The lowest BCUT2D eigenvalue weighted by molar-refractivity contribution is -0.321. The number of carbonyl (C=O) groups is 1. The SMILES string of the molecule is CC1(C)CC[C@]2(C(=O)O[C@@H]3O[C@H](CO[Si](C)(C)C)[C@@H](O[Si](C)(C)C)[C@H](O[Si](C)(C)C)[C@H]3O[Si](C)(C)C)CCC3C(=CC[C@H]4[C@@]3(C)CCC3C(C)(C)[C@@H](O[C@@H]5O[C@H](CO[Si](C)(C)C)[C@@H](O[Si](C)(C)C)[C@H](O[Si](C)(C)C)[C@H]5O[Si](C)(C)C)CC[C@@]34C)[C@H]2C1. The molecule has 0 aromatic rings. The molecule has 0 N–H and O–H groups in total. The van der Waals surface area contributed by atoms with Crippen LogP contribution in [0.1, 0.15) is 106 Å². The van der Waals surface area contributed by atoms with Crippen molar-refractivity contribution in [2.75, 3.05) is 13.2 Å². The van der Waals surface area contributed by atoms with Crippen LogP contribution in [0.2, 0.25) is 157 Å². The van der Waals surface area contributed by atoms with Crippen molar-refractivity contribution < 1.29 is 59.2 Å². The molecule has 0 radical (unpaired) electrons. The number of allylic oxidation sites excluding steroid dienone is 2. The van der Waals surface area contributed by atoms with Gasteiger partial charge < -0.3 is 54.4 Å². The molecule has 13 nitrogen and oxygen atoms in total. The van der Waals surface area contributed by atoms with E-state index in [1.165, 1.54) is 5.57 Å². The lowest BCUT2D eigenvalue weighted by Crippen LogP contribution is -2.68. The number of rotatable bonds is 22. The number of hydrogen-bond donors (Lipinski definition) is 0. The van der Waals surface area contributed by atoms with Gasteiger partial charge in [-0.25, -0.2) is 0 Å². The van der Waals surface area contributed by atoms with E-state index in [1.807, 2.05) is 0 Å². The van der Waals surface area contributed by atoms with E-state index in [2.05, 4.69) is 205 Å². The minimum atomic E-state index is -2.28. The van der Waals surface area contributed by atoms with Crippen LogP contribution >= 0.6 is 0 Å². The fraction of sp³-hybridized carbons (Fsp3) is 0.954. The predicted octanol–water partition coefficient (Wildman–Crippen LogP) is 16.8. The molecule has 7 rings (SSSR count). The molecule has 18 atom stereocenters. The molecule has 500 valence electrons. The molecule has 6 fully saturated rings. The molecule has 0 amide bonds. The standard InChI is InChI=1S/C65H130O13Si8/c1-61(2)39-40-65(60(66)72-59-57(78-86(28,29)30)55(76-84(22,23)24)53(74-82(16,17)18)48(70-59)43-68-80(10,11)12)38-33-45-44(46(65)41-61)31-32-50-63(45,5)36-34-49-62(3,4)51(35-37-64(49,50)6)71-58-56(77-85(25,26)27)54(75-83(19,20)21)52(73-81(13,14)15)47(69-58)42-67-79(7,8)9/h31,45-59H,32-43H2,1-30H3/t45?,46-,47-,48-,49?,50+,51+,52-,53-,54+,55+,56-,57-,58+,59+,63+,64+,65-/m1/s1. The Kier molecular flexibility index (Phi) is 22.0.